The summed E-state index contributed by atoms with van der Waals surface area (Å²) in [5.74, 6) is -0.452. The van der Waals surface area contributed by atoms with E-state index in [1.807, 2.05) is 0 Å². The van der Waals surface area contributed by atoms with Crippen LogP contribution in [0.25, 0.3) is 0 Å². The van der Waals surface area contributed by atoms with Gasteiger partial charge in [0.25, 0.3) is 12.3 Å². The van der Waals surface area contributed by atoms with Crippen molar-refractivity contribution in [3.8, 4) is 0 Å². The van der Waals surface area contributed by atoms with Crippen molar-refractivity contribution in [1.82, 2.24) is 10.3 Å². The van der Waals surface area contributed by atoms with Gasteiger partial charge in [-0.25, -0.2) is 13.6 Å². The minimum Gasteiger partial charge on any atom is -0.465 e. The molecule has 9 heteroatoms. The molecule has 3 rings (SSSR count). The molecule has 2 N–H and O–H groups in total. The summed E-state index contributed by atoms with van der Waals surface area (Å²) in [4.78, 5) is 28.6. The van der Waals surface area contributed by atoms with E-state index in [1.165, 1.54) is 11.0 Å². The molecule has 2 amide bonds. The molecule has 0 aliphatic heterocycles. The first-order chi connectivity index (χ1) is 14.8. The maximum Gasteiger partial charge on any atom is 0.412 e. The maximum absolute atomic E-state index is 12.5. The van der Waals surface area contributed by atoms with Crippen LogP contribution < -0.4 is 10.2 Å². The zero-order valence-corrected chi connectivity index (χ0v) is 16.9. The first-order valence-corrected chi connectivity index (χ1v) is 9.57. The number of carbonyl (C=O) groups is 2. The van der Waals surface area contributed by atoms with Crippen molar-refractivity contribution in [2.24, 2.45) is 0 Å². The molecule has 0 aliphatic rings. The molecule has 0 atom stereocenters. The number of hydrogen-bond donors (Lipinski definition) is 2. The van der Waals surface area contributed by atoms with Gasteiger partial charge in [-0.3, -0.25) is 14.7 Å². The van der Waals surface area contributed by atoms with Gasteiger partial charge in [-0.05, 0) is 47.5 Å². The van der Waals surface area contributed by atoms with Crippen LogP contribution in [0.3, 0.4) is 0 Å². The molecular weight excluding hydrogens is 428 g/mol. The number of hydrogen-bond acceptors (Lipinski definition) is 3. The van der Waals surface area contributed by atoms with Crippen LogP contribution in [0.5, 0.6) is 0 Å². The van der Waals surface area contributed by atoms with Gasteiger partial charge in [-0.1, -0.05) is 35.9 Å². The average molecular weight is 446 g/mol. The molecule has 0 unspecified atom stereocenters. The topological polar surface area (TPSA) is 82.5 Å². The Labute approximate surface area is 182 Å². The number of nitrogens with one attached hydrogen (secondary N) is 1. The van der Waals surface area contributed by atoms with E-state index < -0.39 is 24.1 Å². The van der Waals surface area contributed by atoms with E-state index in [0.717, 1.165) is 23.4 Å². The first kappa shape index (κ1) is 22.2. The van der Waals surface area contributed by atoms with Gasteiger partial charge in [0, 0.05) is 23.5 Å². The van der Waals surface area contributed by atoms with Gasteiger partial charge in [0.1, 0.15) is 5.69 Å². The predicted octanol–water partition coefficient (Wildman–Crippen LogP) is 5.29. The van der Waals surface area contributed by atoms with Gasteiger partial charge in [0.15, 0.2) is 0 Å². The Morgan fingerprint density at radius 3 is 2.19 bits per heavy atom. The summed E-state index contributed by atoms with van der Waals surface area (Å²) >= 11 is 5.86. The highest BCUT2D eigenvalue weighted by Crippen LogP contribution is 2.20. The number of nitrogens with zero attached hydrogens (tertiary/aromatic N) is 2. The molecular formula is C22H18ClF2N3O3. The minimum atomic E-state index is -2.69. The molecule has 1 heterocycles. The second-order valence-corrected chi connectivity index (χ2v) is 7.05. The summed E-state index contributed by atoms with van der Waals surface area (Å²) in [7, 11) is 0. The molecule has 0 bridgehead atoms. The number of amides is 2. The van der Waals surface area contributed by atoms with Crippen LogP contribution in [0, 0.1) is 0 Å². The van der Waals surface area contributed by atoms with Crippen LogP contribution >= 0.6 is 11.6 Å². The van der Waals surface area contributed by atoms with E-state index >= 15 is 0 Å². The highest BCUT2D eigenvalue weighted by Gasteiger charge is 2.15. The van der Waals surface area contributed by atoms with Crippen LogP contribution in [0.15, 0.2) is 66.9 Å². The second kappa shape index (κ2) is 9.99. The van der Waals surface area contributed by atoms with Crippen LogP contribution in [0.1, 0.15) is 33.6 Å². The third-order valence-corrected chi connectivity index (χ3v) is 4.71. The lowest BCUT2D eigenvalue weighted by atomic mass is 10.1. The summed E-state index contributed by atoms with van der Waals surface area (Å²) in [6, 6.07) is 16.0. The third kappa shape index (κ3) is 5.99. The predicted molar refractivity (Wildman–Crippen MR) is 112 cm³/mol. The van der Waals surface area contributed by atoms with E-state index in [1.54, 1.807) is 48.5 Å². The van der Waals surface area contributed by atoms with E-state index in [2.05, 4.69) is 10.3 Å². The van der Waals surface area contributed by atoms with Gasteiger partial charge < -0.3 is 10.4 Å². The highest BCUT2D eigenvalue weighted by atomic mass is 35.5. The zero-order chi connectivity index (χ0) is 22.4. The molecule has 0 radical (unpaired) electrons. The molecule has 2 aromatic carbocycles. The quantitative estimate of drug-likeness (QED) is 0.518. The number of pyridine rings is 1. The third-order valence-electron chi connectivity index (χ3n) is 4.46. The second-order valence-electron chi connectivity index (χ2n) is 6.62. The Morgan fingerprint density at radius 2 is 1.65 bits per heavy atom. The van der Waals surface area contributed by atoms with Crippen molar-refractivity contribution in [3.63, 3.8) is 0 Å². The average Bonchev–Trinajstić information content (AvgIpc) is 2.77. The smallest absolute Gasteiger partial charge is 0.412 e. The monoisotopic (exact) mass is 445 g/mol. The van der Waals surface area contributed by atoms with E-state index in [9.17, 15) is 23.5 Å². The number of carboxylic acid groups (broad SMARTS) is 1. The van der Waals surface area contributed by atoms with Crippen molar-refractivity contribution in [1.29, 1.82) is 0 Å². The van der Waals surface area contributed by atoms with Gasteiger partial charge in [-0.15, -0.1) is 0 Å². The van der Waals surface area contributed by atoms with Crippen molar-refractivity contribution in [2.45, 2.75) is 19.5 Å². The molecule has 0 spiro atoms. The van der Waals surface area contributed by atoms with Crippen molar-refractivity contribution < 1.29 is 23.5 Å². The van der Waals surface area contributed by atoms with Crippen LogP contribution in [0.4, 0.5) is 19.3 Å². The Balaban J connectivity index is 1.62. The lowest BCUT2D eigenvalue weighted by Gasteiger charge is -2.20. The van der Waals surface area contributed by atoms with E-state index in [-0.39, 0.29) is 18.7 Å². The molecule has 3 aromatic rings. The molecule has 0 aliphatic carbocycles. The number of carbonyl (C=O) groups excluding carboxylic acids is 1. The fourth-order valence-electron chi connectivity index (χ4n) is 2.79. The Hall–Kier alpha value is -3.52. The van der Waals surface area contributed by atoms with Gasteiger partial charge in [-0.2, -0.15) is 0 Å². The summed E-state index contributed by atoms with van der Waals surface area (Å²) in [5.41, 5.74) is 1.78. The Morgan fingerprint density at radius 1 is 1.00 bits per heavy atom. The molecule has 0 saturated heterocycles. The molecule has 0 fully saturated rings. The largest absolute Gasteiger partial charge is 0.465 e. The minimum absolute atomic E-state index is 0.157. The van der Waals surface area contributed by atoms with Crippen LogP contribution in [-0.4, -0.2) is 22.1 Å². The number of alkyl halides is 2. The summed E-state index contributed by atoms with van der Waals surface area (Å²) in [5, 5.41) is 12.8. The normalized spacial score (nSPS) is 10.7. The van der Waals surface area contributed by atoms with Gasteiger partial charge in [0.2, 0.25) is 0 Å². The van der Waals surface area contributed by atoms with E-state index in [0.29, 0.717) is 10.7 Å². The van der Waals surface area contributed by atoms with Gasteiger partial charge >= 0.3 is 6.09 Å². The zero-order valence-electron chi connectivity index (χ0n) is 16.1. The molecule has 1 aromatic heterocycles. The number of rotatable bonds is 7. The van der Waals surface area contributed by atoms with Gasteiger partial charge in [0.05, 0.1) is 12.1 Å². The van der Waals surface area contributed by atoms with Crippen LogP contribution in [0.2, 0.25) is 5.02 Å². The van der Waals surface area contributed by atoms with E-state index in [4.69, 9.17) is 11.6 Å². The first-order valence-electron chi connectivity index (χ1n) is 9.19. The highest BCUT2D eigenvalue weighted by molar-refractivity contribution is 6.30. The standard InChI is InChI=1S/C22H18ClF2N3O3/c23-17-6-1-15(2-7-17)13-28(22(30)31)18-8-3-14(4-9-18)11-27-21(29)16-5-10-19(20(24)25)26-12-16/h1-10,12,20H,11,13H2,(H,27,29)(H,30,31). The Kier molecular flexibility index (Phi) is 7.15. The molecule has 0 saturated carbocycles. The number of anilines is 1. The lowest BCUT2D eigenvalue weighted by molar-refractivity contribution is 0.0949. The SMILES string of the molecule is O=C(NCc1ccc(N(Cc2ccc(Cl)cc2)C(=O)O)cc1)c1ccc(C(F)F)nc1. The van der Waals surface area contributed by atoms with Crippen molar-refractivity contribution >= 4 is 29.3 Å². The Bertz CT molecular complexity index is 1040. The molecule has 6 nitrogen and oxygen atoms in total. The fourth-order valence-corrected chi connectivity index (χ4v) is 2.91. The molecule has 160 valence electrons. The van der Waals surface area contributed by atoms with Crippen LogP contribution in [-0.2, 0) is 13.1 Å². The lowest BCUT2D eigenvalue weighted by Crippen LogP contribution is -2.28. The maximum atomic E-state index is 12.5. The number of halogens is 3. The molecule has 31 heavy (non-hydrogen) atoms. The number of benzene rings is 2. The summed E-state index contributed by atoms with van der Waals surface area (Å²) in [6.45, 7) is 0.337. The fraction of sp³-hybridized carbons (Fsp3) is 0.136. The summed E-state index contributed by atoms with van der Waals surface area (Å²) < 4.78 is 25.1. The number of aromatic nitrogens is 1. The summed E-state index contributed by atoms with van der Waals surface area (Å²) in [6.07, 6.45) is -2.70. The van der Waals surface area contributed by atoms with Crippen molar-refractivity contribution in [3.05, 3.63) is 94.3 Å². The van der Waals surface area contributed by atoms with Crippen molar-refractivity contribution in [2.75, 3.05) is 4.90 Å².